The Hall–Kier alpha value is -1.23. The van der Waals surface area contributed by atoms with Crippen molar-refractivity contribution < 1.29 is 64.6 Å². The van der Waals surface area contributed by atoms with Crippen molar-refractivity contribution >= 4 is 5.97 Å². The van der Waals surface area contributed by atoms with Crippen LogP contribution in [0.15, 0.2) is 12.2 Å². The van der Waals surface area contributed by atoms with Crippen molar-refractivity contribution in [2.75, 3.05) is 13.2 Å². The van der Waals surface area contributed by atoms with Gasteiger partial charge in [0.2, 0.25) is 6.29 Å². The van der Waals surface area contributed by atoms with E-state index in [9.17, 15) is 45.6 Å². The molecular weight excluding hydrogens is 592 g/mol. The lowest BCUT2D eigenvalue weighted by Crippen LogP contribution is -2.63. The second-order valence-corrected chi connectivity index (χ2v) is 15.2. The summed E-state index contributed by atoms with van der Waals surface area (Å²) in [6.45, 7) is 7.41. The molecule has 1 spiro atoms. The number of aliphatic hydroxyl groups excluding tert-OH is 8. The summed E-state index contributed by atoms with van der Waals surface area (Å²) < 4.78 is 23.4. The summed E-state index contributed by atoms with van der Waals surface area (Å²) >= 11 is 0. The first-order valence-electron chi connectivity index (χ1n) is 16.3. The van der Waals surface area contributed by atoms with Gasteiger partial charge in [-0.15, -0.1) is 0 Å². The summed E-state index contributed by atoms with van der Waals surface area (Å²) in [4.78, 5) is 13.9. The predicted molar refractivity (Wildman–Crippen MR) is 154 cm³/mol. The van der Waals surface area contributed by atoms with Crippen LogP contribution in [0.5, 0.6) is 0 Å². The molecule has 4 saturated carbocycles. The van der Waals surface area contributed by atoms with Gasteiger partial charge in [0.1, 0.15) is 48.8 Å². The van der Waals surface area contributed by atoms with Crippen molar-refractivity contribution in [2.45, 2.75) is 139 Å². The number of esters is 1. The lowest BCUT2D eigenvalue weighted by Gasteiger charge is -2.64. The molecule has 0 radical (unpaired) electrons. The van der Waals surface area contributed by atoms with Crippen molar-refractivity contribution in [3.05, 3.63) is 12.2 Å². The standard InChI is InChI=1S/C32H50O13/c1-15-11-31-9-5-18-29(2,7-4-8-30(18,3)28(41)44-26-24(39)22(37)20(35)16(12-33)42-26)19(31)6-10-32(15,14-31)45-27-25(40)23(38)21(36)17(13-34)43-27/h16-27,33-40H,1,4-14H2,2-3H3/t16-,17+,18+,19-,20-,21-,22+,23-,24-,25-,26+,27-,29+,30+,31+,32-/m0/s1. The Morgan fingerprint density at radius 2 is 1.38 bits per heavy atom. The van der Waals surface area contributed by atoms with Crippen LogP contribution in [0.3, 0.4) is 0 Å². The normalized spacial score (nSPS) is 54.7. The molecule has 8 N–H and O–H groups in total. The highest BCUT2D eigenvalue weighted by Gasteiger charge is 2.69. The van der Waals surface area contributed by atoms with Crippen LogP contribution in [0, 0.1) is 28.1 Å². The molecule has 2 bridgehead atoms. The smallest absolute Gasteiger partial charge is 0.314 e. The van der Waals surface area contributed by atoms with Crippen LogP contribution in [-0.4, -0.2) is 127 Å². The van der Waals surface area contributed by atoms with Crippen LogP contribution in [0.2, 0.25) is 0 Å². The maximum Gasteiger partial charge on any atom is 0.314 e. The quantitative estimate of drug-likeness (QED) is 0.102. The van der Waals surface area contributed by atoms with E-state index in [1.807, 2.05) is 6.92 Å². The Balaban J connectivity index is 1.20. The van der Waals surface area contributed by atoms with E-state index in [0.29, 0.717) is 25.7 Å². The average Bonchev–Trinajstić information content (AvgIpc) is 3.20. The number of hydrogen-bond acceptors (Lipinski definition) is 13. The fourth-order valence-electron chi connectivity index (χ4n) is 10.5. The van der Waals surface area contributed by atoms with Crippen LogP contribution >= 0.6 is 0 Å². The molecule has 0 aromatic rings. The number of rotatable bonds is 6. The summed E-state index contributed by atoms with van der Waals surface area (Å²) in [5.74, 6) is -0.348. The molecule has 2 heterocycles. The molecule has 0 unspecified atom stereocenters. The van der Waals surface area contributed by atoms with Gasteiger partial charge in [-0.2, -0.15) is 0 Å². The zero-order chi connectivity index (χ0) is 32.7. The fourth-order valence-corrected chi connectivity index (χ4v) is 10.5. The second-order valence-electron chi connectivity index (χ2n) is 15.2. The maximum atomic E-state index is 13.9. The van der Waals surface area contributed by atoms with Crippen molar-refractivity contribution in [3.63, 3.8) is 0 Å². The number of fused-ring (bicyclic) bond motifs is 3. The molecule has 13 heteroatoms. The van der Waals surface area contributed by atoms with Gasteiger partial charge in [0.05, 0.1) is 24.2 Å². The van der Waals surface area contributed by atoms with Crippen LogP contribution in [0.25, 0.3) is 0 Å². The maximum absolute atomic E-state index is 13.9. The van der Waals surface area contributed by atoms with Gasteiger partial charge in [-0.1, -0.05) is 19.9 Å². The Morgan fingerprint density at radius 3 is 2.00 bits per heavy atom. The van der Waals surface area contributed by atoms with Gasteiger partial charge in [-0.05, 0) is 86.5 Å². The van der Waals surface area contributed by atoms with E-state index in [1.165, 1.54) is 0 Å². The second kappa shape index (κ2) is 11.7. The zero-order valence-corrected chi connectivity index (χ0v) is 26.0. The van der Waals surface area contributed by atoms with Gasteiger partial charge < -0.3 is 59.8 Å². The van der Waals surface area contributed by atoms with E-state index in [2.05, 4.69) is 13.5 Å². The topological polar surface area (TPSA) is 216 Å². The summed E-state index contributed by atoms with van der Waals surface area (Å²) in [6.07, 6.45) is -7.82. The highest BCUT2D eigenvalue weighted by molar-refractivity contribution is 5.77. The lowest BCUT2D eigenvalue weighted by atomic mass is 9.41. The van der Waals surface area contributed by atoms with Crippen LogP contribution in [-0.2, 0) is 23.7 Å². The molecule has 0 amide bonds. The van der Waals surface area contributed by atoms with Crippen molar-refractivity contribution in [2.24, 2.45) is 28.1 Å². The van der Waals surface area contributed by atoms with Crippen LogP contribution < -0.4 is 0 Å². The molecule has 2 saturated heterocycles. The first-order valence-corrected chi connectivity index (χ1v) is 16.3. The first-order chi connectivity index (χ1) is 21.2. The van der Waals surface area contributed by atoms with E-state index in [-0.39, 0.29) is 22.7 Å². The van der Waals surface area contributed by atoms with E-state index in [4.69, 9.17) is 18.9 Å². The Bertz CT molecular complexity index is 1150. The minimum atomic E-state index is -1.67. The minimum Gasteiger partial charge on any atom is -0.432 e. The van der Waals surface area contributed by atoms with Gasteiger partial charge in [0.25, 0.3) is 0 Å². The first kappa shape index (κ1) is 33.7. The molecule has 4 aliphatic carbocycles. The third-order valence-corrected chi connectivity index (χ3v) is 12.9. The molecule has 6 fully saturated rings. The number of aliphatic hydroxyl groups is 8. The number of hydrogen-bond donors (Lipinski definition) is 8. The summed E-state index contributed by atoms with van der Waals surface area (Å²) in [6, 6.07) is 0. The van der Waals surface area contributed by atoms with E-state index in [1.54, 1.807) is 0 Å². The van der Waals surface area contributed by atoms with Crippen molar-refractivity contribution in [1.29, 1.82) is 0 Å². The molecule has 0 aromatic heterocycles. The van der Waals surface area contributed by atoms with Gasteiger partial charge in [0, 0.05) is 0 Å². The van der Waals surface area contributed by atoms with Gasteiger partial charge in [0.15, 0.2) is 6.29 Å². The Kier molecular flexibility index (Phi) is 8.77. The molecule has 16 atom stereocenters. The predicted octanol–water partition coefficient (Wildman–Crippen LogP) is -0.762. The number of ether oxygens (including phenoxy) is 4. The Morgan fingerprint density at radius 1 is 0.800 bits per heavy atom. The largest absolute Gasteiger partial charge is 0.432 e. The summed E-state index contributed by atoms with van der Waals surface area (Å²) in [5.41, 5.74) is -1.20. The Labute approximate surface area is 262 Å². The van der Waals surface area contributed by atoms with Crippen LogP contribution in [0.1, 0.15) is 71.6 Å². The van der Waals surface area contributed by atoms with E-state index < -0.39 is 91.6 Å². The molecule has 0 aromatic carbocycles. The molecule has 2 aliphatic heterocycles. The molecule has 6 rings (SSSR count). The molecule has 13 nitrogen and oxygen atoms in total. The zero-order valence-electron chi connectivity index (χ0n) is 26.0. The summed E-state index contributed by atoms with van der Waals surface area (Å²) in [7, 11) is 0. The highest BCUT2D eigenvalue weighted by Crippen LogP contribution is 2.73. The SMILES string of the molecule is C=C1C[C@@]23CC[C@@H]4[C@@](C)(CCC[C@@]4(C)C(=O)O[C@H]4O[C@@H](CO)[C@H](O)[C@@H](O)[C@@H]4O)[C@@H]2CC[C@]1(O[C@@H]1O[C@H](CO)[C@H](O)[C@H](O)[C@@H]1O)C3. The van der Waals surface area contributed by atoms with Crippen LogP contribution in [0.4, 0.5) is 0 Å². The fraction of sp³-hybridized carbons (Fsp3) is 0.906. The summed E-state index contributed by atoms with van der Waals surface area (Å²) in [5, 5.41) is 81.4. The average molecular weight is 643 g/mol. The number of carbonyl (C=O) groups is 1. The van der Waals surface area contributed by atoms with E-state index >= 15 is 0 Å². The minimum absolute atomic E-state index is 0.0421. The molecule has 6 aliphatic rings. The van der Waals surface area contributed by atoms with Gasteiger partial charge >= 0.3 is 5.97 Å². The monoisotopic (exact) mass is 642 g/mol. The third-order valence-electron chi connectivity index (χ3n) is 12.9. The lowest BCUT2D eigenvalue weighted by molar-refractivity contribution is -0.327. The van der Waals surface area contributed by atoms with Gasteiger partial charge in [-0.25, -0.2) is 0 Å². The third kappa shape index (κ3) is 5.04. The molecular formula is C32H50O13. The van der Waals surface area contributed by atoms with Crippen molar-refractivity contribution in [1.82, 2.24) is 0 Å². The number of carbonyl (C=O) groups excluding carboxylic acids is 1. The van der Waals surface area contributed by atoms with Gasteiger partial charge in [-0.3, -0.25) is 4.79 Å². The molecule has 45 heavy (non-hydrogen) atoms. The molecule has 256 valence electrons. The van der Waals surface area contributed by atoms with Crippen molar-refractivity contribution in [3.8, 4) is 0 Å². The van der Waals surface area contributed by atoms with E-state index in [0.717, 1.165) is 37.7 Å². The highest BCUT2D eigenvalue weighted by atomic mass is 16.7.